The summed E-state index contributed by atoms with van der Waals surface area (Å²) in [6.45, 7) is 2.04. The first-order valence-electron chi connectivity index (χ1n) is 3.86. The molecule has 0 N–H and O–H groups in total. The second-order valence-corrected chi connectivity index (χ2v) is 2.31. The lowest BCUT2D eigenvalue weighted by molar-refractivity contribution is -0.274. The lowest BCUT2D eigenvalue weighted by Crippen LogP contribution is -2.17. The third-order valence-electron chi connectivity index (χ3n) is 1.23. The van der Waals surface area contributed by atoms with E-state index in [2.05, 4.69) is 9.72 Å². The van der Waals surface area contributed by atoms with Crippen molar-refractivity contribution in [2.24, 2.45) is 0 Å². The van der Waals surface area contributed by atoms with Crippen LogP contribution < -0.4 is 9.47 Å². The summed E-state index contributed by atoms with van der Waals surface area (Å²) < 4.78 is 43.9. The number of rotatable bonds is 3. The zero-order valence-electron chi connectivity index (χ0n) is 7.34. The molecule has 0 spiro atoms. The summed E-state index contributed by atoms with van der Waals surface area (Å²) in [6.07, 6.45) is -3.50. The van der Waals surface area contributed by atoms with E-state index >= 15 is 0 Å². The van der Waals surface area contributed by atoms with E-state index in [4.69, 9.17) is 4.74 Å². The van der Waals surface area contributed by atoms with Crippen LogP contribution in [0, 0.1) is 0 Å². The minimum atomic E-state index is -4.69. The van der Waals surface area contributed by atoms with Crippen molar-refractivity contribution in [3.63, 3.8) is 0 Å². The molecule has 1 rings (SSSR count). The monoisotopic (exact) mass is 207 g/mol. The molecule has 0 fully saturated rings. The number of alkyl halides is 3. The van der Waals surface area contributed by atoms with Gasteiger partial charge in [0.25, 0.3) is 0 Å². The number of hydrogen-bond donors (Lipinski definition) is 0. The SMILES string of the molecule is CCOc1cc(OC(F)(F)F)ccn1. The molecule has 1 heterocycles. The first kappa shape index (κ1) is 10.6. The van der Waals surface area contributed by atoms with Gasteiger partial charge in [-0.05, 0) is 13.0 Å². The molecule has 0 aromatic carbocycles. The van der Waals surface area contributed by atoms with Gasteiger partial charge in [0.2, 0.25) is 5.88 Å². The molecule has 0 atom stereocenters. The van der Waals surface area contributed by atoms with Gasteiger partial charge in [-0.3, -0.25) is 0 Å². The third-order valence-corrected chi connectivity index (χ3v) is 1.23. The average Bonchev–Trinajstić information content (AvgIpc) is 2.02. The predicted octanol–water partition coefficient (Wildman–Crippen LogP) is 2.38. The van der Waals surface area contributed by atoms with Crippen LogP contribution in [0.1, 0.15) is 6.92 Å². The molecule has 1 aromatic heterocycles. The van der Waals surface area contributed by atoms with Gasteiger partial charge in [0.1, 0.15) is 5.75 Å². The van der Waals surface area contributed by atoms with E-state index < -0.39 is 6.36 Å². The quantitative estimate of drug-likeness (QED) is 0.762. The van der Waals surface area contributed by atoms with Crippen molar-refractivity contribution < 1.29 is 22.6 Å². The smallest absolute Gasteiger partial charge is 0.478 e. The molecule has 0 bridgehead atoms. The molecule has 78 valence electrons. The second-order valence-electron chi connectivity index (χ2n) is 2.31. The Morgan fingerprint density at radius 2 is 2.14 bits per heavy atom. The normalized spacial score (nSPS) is 11.1. The van der Waals surface area contributed by atoms with Crippen molar-refractivity contribution in [3.8, 4) is 11.6 Å². The molecule has 6 heteroatoms. The minimum Gasteiger partial charge on any atom is -0.478 e. The van der Waals surface area contributed by atoms with Crippen molar-refractivity contribution in [2.45, 2.75) is 13.3 Å². The second kappa shape index (κ2) is 4.17. The largest absolute Gasteiger partial charge is 0.573 e. The van der Waals surface area contributed by atoms with Gasteiger partial charge >= 0.3 is 6.36 Å². The van der Waals surface area contributed by atoms with Gasteiger partial charge in [0, 0.05) is 12.3 Å². The Morgan fingerprint density at radius 1 is 1.43 bits per heavy atom. The molecule has 0 amide bonds. The maximum Gasteiger partial charge on any atom is 0.573 e. The molecular weight excluding hydrogens is 199 g/mol. The van der Waals surface area contributed by atoms with Crippen molar-refractivity contribution in [2.75, 3.05) is 6.61 Å². The Labute approximate surface area is 78.5 Å². The van der Waals surface area contributed by atoms with Crippen molar-refractivity contribution in [1.82, 2.24) is 4.98 Å². The van der Waals surface area contributed by atoms with E-state index in [9.17, 15) is 13.2 Å². The van der Waals surface area contributed by atoms with E-state index in [0.717, 1.165) is 12.1 Å². The molecule has 0 radical (unpaired) electrons. The Kier molecular flexibility index (Phi) is 3.16. The Hall–Kier alpha value is -1.46. The average molecular weight is 207 g/mol. The topological polar surface area (TPSA) is 31.4 Å². The fraction of sp³-hybridized carbons (Fsp3) is 0.375. The van der Waals surface area contributed by atoms with Gasteiger partial charge in [-0.15, -0.1) is 13.2 Å². The van der Waals surface area contributed by atoms with Crippen LogP contribution in [0.5, 0.6) is 11.6 Å². The van der Waals surface area contributed by atoms with Crippen LogP contribution in [-0.2, 0) is 0 Å². The van der Waals surface area contributed by atoms with Crippen molar-refractivity contribution in [1.29, 1.82) is 0 Å². The van der Waals surface area contributed by atoms with Crippen LogP contribution in [0.2, 0.25) is 0 Å². The Bertz CT molecular complexity index is 301. The number of halogens is 3. The summed E-state index contributed by atoms with van der Waals surface area (Å²) in [5, 5.41) is 0. The highest BCUT2D eigenvalue weighted by atomic mass is 19.4. The molecule has 0 saturated heterocycles. The third kappa shape index (κ3) is 3.51. The highest BCUT2D eigenvalue weighted by Gasteiger charge is 2.31. The fourth-order valence-corrected chi connectivity index (χ4v) is 0.815. The first-order chi connectivity index (χ1) is 6.51. The minimum absolute atomic E-state index is 0.106. The van der Waals surface area contributed by atoms with Gasteiger partial charge in [0.05, 0.1) is 6.61 Å². The molecule has 0 unspecified atom stereocenters. The van der Waals surface area contributed by atoms with E-state index in [1.54, 1.807) is 6.92 Å². The first-order valence-corrected chi connectivity index (χ1v) is 3.86. The van der Waals surface area contributed by atoms with Gasteiger partial charge < -0.3 is 9.47 Å². The summed E-state index contributed by atoms with van der Waals surface area (Å²) in [7, 11) is 0. The van der Waals surface area contributed by atoms with E-state index in [-0.39, 0.29) is 11.6 Å². The van der Waals surface area contributed by atoms with E-state index in [1.807, 2.05) is 0 Å². The molecule has 14 heavy (non-hydrogen) atoms. The maximum atomic E-state index is 11.8. The number of pyridine rings is 1. The zero-order valence-corrected chi connectivity index (χ0v) is 7.34. The molecule has 0 aliphatic carbocycles. The van der Waals surface area contributed by atoms with Crippen LogP contribution in [-0.4, -0.2) is 18.0 Å². The number of hydrogen-bond acceptors (Lipinski definition) is 3. The Morgan fingerprint density at radius 3 is 2.71 bits per heavy atom. The van der Waals surface area contributed by atoms with Crippen LogP contribution in [0.25, 0.3) is 0 Å². The fourth-order valence-electron chi connectivity index (χ4n) is 0.815. The number of aromatic nitrogens is 1. The lowest BCUT2D eigenvalue weighted by Gasteiger charge is -2.09. The lowest BCUT2D eigenvalue weighted by atomic mass is 10.4. The van der Waals surface area contributed by atoms with Crippen LogP contribution >= 0.6 is 0 Å². The molecule has 0 aliphatic rings. The molecule has 1 aromatic rings. The van der Waals surface area contributed by atoms with Gasteiger partial charge in [-0.1, -0.05) is 0 Å². The predicted molar refractivity (Wildman–Crippen MR) is 42.1 cm³/mol. The summed E-state index contributed by atoms with van der Waals surface area (Å²) in [6, 6.07) is 2.19. The van der Waals surface area contributed by atoms with Crippen LogP contribution in [0.3, 0.4) is 0 Å². The maximum absolute atomic E-state index is 11.8. The summed E-state index contributed by atoms with van der Waals surface area (Å²) in [5.41, 5.74) is 0. The highest BCUT2D eigenvalue weighted by molar-refractivity contribution is 5.26. The van der Waals surface area contributed by atoms with Gasteiger partial charge in [0.15, 0.2) is 0 Å². The number of nitrogens with zero attached hydrogens (tertiary/aromatic N) is 1. The standard InChI is InChI=1S/C8H8F3NO2/c1-2-13-7-5-6(3-4-12-7)14-8(9,10)11/h3-5H,2H2,1H3. The van der Waals surface area contributed by atoms with Crippen molar-refractivity contribution >= 4 is 0 Å². The summed E-state index contributed by atoms with van der Waals surface area (Å²) in [4.78, 5) is 3.69. The Balaban J connectivity index is 2.73. The molecule has 0 saturated carbocycles. The van der Waals surface area contributed by atoms with Crippen LogP contribution in [0.15, 0.2) is 18.3 Å². The number of ether oxygens (including phenoxy) is 2. The van der Waals surface area contributed by atoms with E-state index in [0.29, 0.717) is 6.61 Å². The van der Waals surface area contributed by atoms with Crippen molar-refractivity contribution in [3.05, 3.63) is 18.3 Å². The highest BCUT2D eigenvalue weighted by Crippen LogP contribution is 2.24. The van der Waals surface area contributed by atoms with Gasteiger partial charge in [-0.2, -0.15) is 0 Å². The van der Waals surface area contributed by atoms with Gasteiger partial charge in [-0.25, -0.2) is 4.98 Å². The zero-order chi connectivity index (χ0) is 10.6. The van der Waals surface area contributed by atoms with E-state index in [1.165, 1.54) is 6.20 Å². The molecule has 0 aliphatic heterocycles. The summed E-state index contributed by atoms with van der Waals surface area (Å²) in [5.74, 6) is -0.231. The molecular formula is C8H8F3NO2. The summed E-state index contributed by atoms with van der Waals surface area (Å²) >= 11 is 0. The molecule has 3 nitrogen and oxygen atoms in total. The van der Waals surface area contributed by atoms with Crippen LogP contribution in [0.4, 0.5) is 13.2 Å².